The first-order chi connectivity index (χ1) is 12.4. The number of benzene rings is 1. The molecule has 1 aliphatic rings. The van der Waals surface area contributed by atoms with Crippen LogP contribution < -0.4 is 0 Å². The fourth-order valence-corrected chi connectivity index (χ4v) is 3.27. The number of carboxylic acid groups (broad SMARTS) is 1. The third-order valence-corrected chi connectivity index (χ3v) is 4.62. The summed E-state index contributed by atoms with van der Waals surface area (Å²) in [6.07, 6.45) is 0.479. The number of amides is 1. The van der Waals surface area contributed by atoms with E-state index in [1.165, 1.54) is 9.58 Å². The SMILES string of the molecule is CCc1nc(C(=O)N2CCOCC2C(=O)O)nn1-c1c(Cl)cccc1Cl. The second-order valence-corrected chi connectivity index (χ2v) is 6.43. The van der Waals surface area contributed by atoms with Gasteiger partial charge in [-0.05, 0) is 12.1 Å². The number of aliphatic carboxylic acids is 1. The molecule has 1 aromatic heterocycles. The zero-order valence-corrected chi connectivity index (χ0v) is 15.4. The Bertz CT molecular complexity index is 835. The molecule has 1 saturated heterocycles. The summed E-state index contributed by atoms with van der Waals surface area (Å²) in [6.45, 7) is 2.19. The fourth-order valence-electron chi connectivity index (χ4n) is 2.71. The standard InChI is InChI=1S/C16H16Cl2N4O4/c1-2-12-19-14(15(23)21-6-7-26-8-11(21)16(24)25)20-22(12)13-9(17)4-3-5-10(13)18/h3-5,11H,2,6-8H2,1H3,(H,24,25). The maximum absolute atomic E-state index is 12.8. The summed E-state index contributed by atoms with van der Waals surface area (Å²) < 4.78 is 6.58. The van der Waals surface area contributed by atoms with Crippen LogP contribution in [0.5, 0.6) is 0 Å². The normalized spacial score (nSPS) is 17.3. The Balaban J connectivity index is 2.01. The molecule has 3 rings (SSSR count). The molecule has 138 valence electrons. The second-order valence-electron chi connectivity index (χ2n) is 5.61. The van der Waals surface area contributed by atoms with Crippen molar-refractivity contribution >= 4 is 35.1 Å². The van der Waals surface area contributed by atoms with Crippen molar-refractivity contribution in [1.29, 1.82) is 0 Å². The Morgan fingerprint density at radius 3 is 2.65 bits per heavy atom. The Morgan fingerprint density at radius 1 is 1.35 bits per heavy atom. The molecule has 2 aromatic rings. The number of nitrogens with zero attached hydrogens (tertiary/aromatic N) is 4. The van der Waals surface area contributed by atoms with Crippen molar-refractivity contribution in [2.24, 2.45) is 0 Å². The van der Waals surface area contributed by atoms with E-state index in [-0.39, 0.29) is 25.6 Å². The van der Waals surface area contributed by atoms with Crippen molar-refractivity contribution in [3.63, 3.8) is 0 Å². The highest BCUT2D eigenvalue weighted by Gasteiger charge is 2.35. The summed E-state index contributed by atoms with van der Waals surface area (Å²) in [7, 11) is 0. The molecule has 1 unspecified atom stereocenters. The largest absolute Gasteiger partial charge is 0.480 e. The molecule has 0 spiro atoms. The number of hydrogen-bond donors (Lipinski definition) is 1. The Morgan fingerprint density at radius 2 is 2.04 bits per heavy atom. The van der Waals surface area contributed by atoms with Gasteiger partial charge in [-0.2, -0.15) is 0 Å². The predicted octanol–water partition coefficient (Wildman–Crippen LogP) is 2.06. The number of rotatable bonds is 4. The molecule has 0 aliphatic carbocycles. The van der Waals surface area contributed by atoms with Crippen LogP contribution >= 0.6 is 23.2 Å². The van der Waals surface area contributed by atoms with Crippen LogP contribution in [0.2, 0.25) is 10.0 Å². The van der Waals surface area contributed by atoms with Crippen molar-refractivity contribution < 1.29 is 19.4 Å². The van der Waals surface area contributed by atoms with Gasteiger partial charge in [-0.15, -0.1) is 5.10 Å². The highest BCUT2D eigenvalue weighted by molar-refractivity contribution is 6.37. The molecule has 1 fully saturated rings. The lowest BCUT2D eigenvalue weighted by atomic mass is 10.2. The van der Waals surface area contributed by atoms with E-state index in [4.69, 9.17) is 27.9 Å². The highest BCUT2D eigenvalue weighted by Crippen LogP contribution is 2.29. The van der Waals surface area contributed by atoms with Crippen LogP contribution in [0.3, 0.4) is 0 Å². The van der Waals surface area contributed by atoms with Crippen LogP contribution in [0.4, 0.5) is 0 Å². The molecule has 0 bridgehead atoms. The number of aryl methyl sites for hydroxylation is 1. The molecular formula is C16H16Cl2N4O4. The van der Waals surface area contributed by atoms with Crippen molar-refractivity contribution in [1.82, 2.24) is 19.7 Å². The van der Waals surface area contributed by atoms with Crippen molar-refractivity contribution in [3.8, 4) is 5.69 Å². The van der Waals surface area contributed by atoms with E-state index < -0.39 is 17.9 Å². The number of ether oxygens (including phenoxy) is 1. The van der Waals surface area contributed by atoms with E-state index in [1.807, 2.05) is 6.92 Å². The van der Waals surface area contributed by atoms with Crippen LogP contribution in [-0.4, -0.2) is 62.4 Å². The Labute approximate surface area is 159 Å². The van der Waals surface area contributed by atoms with Crippen molar-refractivity contribution in [2.75, 3.05) is 19.8 Å². The Kier molecular flexibility index (Phi) is 5.45. The van der Waals surface area contributed by atoms with E-state index in [0.717, 1.165) is 0 Å². The number of carboxylic acids is 1. The molecule has 8 nitrogen and oxygen atoms in total. The number of para-hydroxylation sites is 1. The Hall–Kier alpha value is -2.16. The summed E-state index contributed by atoms with van der Waals surface area (Å²) in [5.74, 6) is -1.32. The monoisotopic (exact) mass is 398 g/mol. The van der Waals surface area contributed by atoms with Crippen LogP contribution in [0.25, 0.3) is 5.69 Å². The molecule has 10 heteroatoms. The smallest absolute Gasteiger partial charge is 0.328 e. The summed E-state index contributed by atoms with van der Waals surface area (Å²) in [6, 6.07) is 3.95. The van der Waals surface area contributed by atoms with E-state index in [2.05, 4.69) is 10.1 Å². The lowest BCUT2D eigenvalue weighted by Gasteiger charge is -2.31. The summed E-state index contributed by atoms with van der Waals surface area (Å²) >= 11 is 12.5. The van der Waals surface area contributed by atoms with Crippen LogP contribution in [0.15, 0.2) is 18.2 Å². The topological polar surface area (TPSA) is 97.6 Å². The van der Waals surface area contributed by atoms with Gasteiger partial charge in [0.2, 0.25) is 5.82 Å². The summed E-state index contributed by atoms with van der Waals surface area (Å²) in [4.78, 5) is 29.7. The fraction of sp³-hybridized carbons (Fsp3) is 0.375. The zero-order chi connectivity index (χ0) is 18.8. The second kappa shape index (κ2) is 7.61. The van der Waals surface area contributed by atoms with Gasteiger partial charge in [0.05, 0.1) is 23.3 Å². The van der Waals surface area contributed by atoms with Gasteiger partial charge in [0, 0.05) is 13.0 Å². The first-order valence-electron chi connectivity index (χ1n) is 7.95. The number of hydrogen-bond acceptors (Lipinski definition) is 5. The molecule has 1 aliphatic heterocycles. The average Bonchev–Trinajstić information content (AvgIpc) is 3.05. The van der Waals surface area contributed by atoms with Gasteiger partial charge in [0.25, 0.3) is 5.91 Å². The predicted molar refractivity (Wildman–Crippen MR) is 94.0 cm³/mol. The molecule has 1 aromatic carbocycles. The molecule has 0 saturated carbocycles. The van der Waals surface area contributed by atoms with Gasteiger partial charge in [0.1, 0.15) is 11.5 Å². The molecule has 26 heavy (non-hydrogen) atoms. The number of carbonyl (C=O) groups excluding carboxylic acids is 1. The number of halogens is 2. The van der Waals surface area contributed by atoms with Crippen LogP contribution in [0.1, 0.15) is 23.4 Å². The van der Waals surface area contributed by atoms with Crippen LogP contribution in [-0.2, 0) is 16.0 Å². The van der Waals surface area contributed by atoms with E-state index in [1.54, 1.807) is 18.2 Å². The first kappa shape index (κ1) is 18.6. The van der Waals surface area contributed by atoms with Gasteiger partial charge in [0.15, 0.2) is 6.04 Å². The minimum atomic E-state index is -1.14. The molecule has 0 radical (unpaired) electrons. The highest BCUT2D eigenvalue weighted by atomic mass is 35.5. The maximum atomic E-state index is 12.8. The maximum Gasteiger partial charge on any atom is 0.328 e. The van der Waals surface area contributed by atoms with E-state index in [0.29, 0.717) is 28.0 Å². The third kappa shape index (κ3) is 3.40. The third-order valence-electron chi connectivity index (χ3n) is 4.01. The molecule has 1 N–H and O–H groups in total. The van der Waals surface area contributed by atoms with E-state index >= 15 is 0 Å². The molecule has 1 atom stereocenters. The van der Waals surface area contributed by atoms with Gasteiger partial charge in [-0.3, -0.25) is 4.79 Å². The summed E-state index contributed by atoms with van der Waals surface area (Å²) in [5.41, 5.74) is 0.427. The quantitative estimate of drug-likeness (QED) is 0.846. The molecule has 1 amide bonds. The van der Waals surface area contributed by atoms with Crippen LogP contribution in [0, 0.1) is 0 Å². The zero-order valence-electron chi connectivity index (χ0n) is 13.9. The molecular weight excluding hydrogens is 383 g/mol. The number of carbonyl (C=O) groups is 2. The lowest BCUT2D eigenvalue weighted by molar-refractivity contribution is -0.147. The number of morpholine rings is 1. The van der Waals surface area contributed by atoms with E-state index in [9.17, 15) is 14.7 Å². The van der Waals surface area contributed by atoms with Crippen molar-refractivity contribution in [3.05, 3.63) is 39.9 Å². The van der Waals surface area contributed by atoms with Gasteiger partial charge < -0.3 is 14.7 Å². The minimum absolute atomic E-state index is 0.0707. The minimum Gasteiger partial charge on any atom is -0.480 e. The first-order valence-corrected chi connectivity index (χ1v) is 8.71. The summed E-state index contributed by atoms with van der Waals surface area (Å²) in [5, 5.41) is 14.3. The van der Waals surface area contributed by atoms with Gasteiger partial charge in [-0.25, -0.2) is 14.5 Å². The average molecular weight is 399 g/mol. The lowest BCUT2D eigenvalue weighted by Crippen LogP contribution is -2.52. The van der Waals surface area contributed by atoms with Gasteiger partial charge >= 0.3 is 5.97 Å². The van der Waals surface area contributed by atoms with Gasteiger partial charge in [-0.1, -0.05) is 36.2 Å². The van der Waals surface area contributed by atoms with Crippen molar-refractivity contribution in [2.45, 2.75) is 19.4 Å². The number of aromatic nitrogens is 3. The molecule has 2 heterocycles.